The summed E-state index contributed by atoms with van der Waals surface area (Å²) in [5.41, 5.74) is 0.625. The van der Waals surface area contributed by atoms with E-state index in [0.29, 0.717) is 18.7 Å². The lowest BCUT2D eigenvalue weighted by Crippen LogP contribution is -2.31. The topological polar surface area (TPSA) is 60.3 Å². The Kier molecular flexibility index (Phi) is 4.83. The highest BCUT2D eigenvalue weighted by Gasteiger charge is 2.24. The van der Waals surface area contributed by atoms with Crippen LogP contribution < -0.4 is 15.6 Å². The molecule has 1 aromatic heterocycles. The van der Waals surface area contributed by atoms with Gasteiger partial charge >= 0.3 is 0 Å². The van der Waals surface area contributed by atoms with Crippen molar-refractivity contribution in [3.63, 3.8) is 0 Å². The van der Waals surface area contributed by atoms with Crippen molar-refractivity contribution in [1.29, 1.82) is 0 Å². The Morgan fingerprint density at radius 3 is 2.60 bits per heavy atom. The first-order valence-electron chi connectivity index (χ1n) is 8.16. The number of fused-ring (bicyclic) bond motifs is 1. The number of nitrogens with one attached hydrogen (secondary N) is 1. The Labute approximate surface area is 143 Å². The summed E-state index contributed by atoms with van der Waals surface area (Å²) < 4.78 is 33.7. The van der Waals surface area contributed by atoms with Gasteiger partial charge in [0.05, 0.1) is 6.61 Å². The van der Waals surface area contributed by atoms with Crippen LogP contribution in [-0.4, -0.2) is 17.1 Å². The molecule has 132 valence electrons. The smallest absolute Gasteiger partial charge is 0.261 e. The summed E-state index contributed by atoms with van der Waals surface area (Å²) >= 11 is 0. The molecule has 0 fully saturated rings. The summed E-state index contributed by atoms with van der Waals surface area (Å²) in [7, 11) is 0. The van der Waals surface area contributed by atoms with Crippen molar-refractivity contribution in [3.8, 4) is 5.75 Å². The zero-order valence-corrected chi connectivity index (χ0v) is 13.8. The number of carbonyl (C=O) groups excluding carboxylic acids is 1. The van der Waals surface area contributed by atoms with Gasteiger partial charge in [0.1, 0.15) is 22.9 Å². The molecule has 1 aliphatic rings. The van der Waals surface area contributed by atoms with Crippen molar-refractivity contribution < 1.29 is 18.3 Å². The number of hydrogen-bond donors (Lipinski definition) is 1. The number of halogens is 2. The van der Waals surface area contributed by atoms with Gasteiger partial charge in [0, 0.05) is 30.1 Å². The van der Waals surface area contributed by atoms with Crippen LogP contribution in [-0.2, 0) is 13.0 Å². The van der Waals surface area contributed by atoms with Crippen LogP contribution in [0, 0.1) is 11.6 Å². The highest BCUT2D eigenvalue weighted by Crippen LogP contribution is 2.26. The lowest BCUT2D eigenvalue weighted by molar-refractivity contribution is 0.102. The number of carbonyl (C=O) groups is 1. The van der Waals surface area contributed by atoms with E-state index in [-0.39, 0.29) is 29.2 Å². The van der Waals surface area contributed by atoms with Crippen LogP contribution in [0.3, 0.4) is 0 Å². The van der Waals surface area contributed by atoms with E-state index < -0.39 is 17.5 Å². The van der Waals surface area contributed by atoms with Gasteiger partial charge in [-0.3, -0.25) is 9.59 Å². The molecule has 7 heteroatoms. The van der Waals surface area contributed by atoms with Gasteiger partial charge < -0.3 is 14.6 Å². The zero-order valence-electron chi connectivity index (χ0n) is 13.8. The summed E-state index contributed by atoms with van der Waals surface area (Å²) in [6.45, 7) is 2.58. The van der Waals surface area contributed by atoms with E-state index in [1.165, 1.54) is 6.07 Å². The Morgan fingerprint density at radius 1 is 1.20 bits per heavy atom. The third-order valence-electron chi connectivity index (χ3n) is 4.07. The van der Waals surface area contributed by atoms with Crippen LogP contribution in [0.2, 0.25) is 0 Å². The molecule has 1 N–H and O–H groups in total. The van der Waals surface area contributed by atoms with Crippen LogP contribution in [0.1, 0.15) is 35.8 Å². The van der Waals surface area contributed by atoms with Crippen LogP contribution in [0.25, 0.3) is 0 Å². The number of nitrogens with zero attached hydrogens (tertiary/aromatic N) is 1. The van der Waals surface area contributed by atoms with E-state index >= 15 is 0 Å². The summed E-state index contributed by atoms with van der Waals surface area (Å²) in [5, 5.41) is 2.49. The molecule has 25 heavy (non-hydrogen) atoms. The summed E-state index contributed by atoms with van der Waals surface area (Å²) in [5.74, 6) is -1.94. The summed E-state index contributed by atoms with van der Waals surface area (Å²) in [6, 6.07) is 4.08. The van der Waals surface area contributed by atoms with Gasteiger partial charge in [-0.05, 0) is 38.3 Å². The van der Waals surface area contributed by atoms with Crippen molar-refractivity contribution in [3.05, 3.63) is 57.5 Å². The lowest BCUT2D eigenvalue weighted by Gasteiger charge is -2.23. The van der Waals surface area contributed by atoms with Gasteiger partial charge in [0.25, 0.3) is 11.5 Å². The molecular weight excluding hydrogens is 330 g/mol. The molecule has 1 aliphatic heterocycles. The molecule has 0 spiro atoms. The highest BCUT2D eigenvalue weighted by atomic mass is 19.1. The van der Waals surface area contributed by atoms with Gasteiger partial charge in [0.15, 0.2) is 0 Å². The largest absolute Gasteiger partial charge is 0.493 e. The molecule has 0 atom stereocenters. The van der Waals surface area contributed by atoms with Crippen LogP contribution in [0.5, 0.6) is 5.75 Å². The fourth-order valence-electron chi connectivity index (χ4n) is 3.07. The molecule has 3 rings (SSSR count). The van der Waals surface area contributed by atoms with Crippen LogP contribution >= 0.6 is 0 Å². The van der Waals surface area contributed by atoms with Gasteiger partial charge in [0.2, 0.25) is 0 Å². The number of rotatable bonds is 4. The second-order valence-electron chi connectivity index (χ2n) is 5.82. The monoisotopic (exact) mass is 348 g/mol. The van der Waals surface area contributed by atoms with Gasteiger partial charge in [-0.1, -0.05) is 0 Å². The SMILES string of the molecule is CCOc1cc(=O)n2c(c1C(=O)Nc1cc(F)cc(F)c1)CCCC2. The maximum absolute atomic E-state index is 13.3. The van der Waals surface area contributed by atoms with E-state index in [1.54, 1.807) is 11.5 Å². The fraction of sp³-hybridized carbons (Fsp3) is 0.333. The average Bonchev–Trinajstić information content (AvgIpc) is 2.54. The maximum Gasteiger partial charge on any atom is 0.261 e. The molecule has 5 nitrogen and oxygen atoms in total. The summed E-state index contributed by atoms with van der Waals surface area (Å²) in [4.78, 5) is 25.0. The first-order chi connectivity index (χ1) is 12.0. The number of aromatic nitrogens is 1. The predicted octanol–water partition coefficient (Wildman–Crippen LogP) is 3.11. The zero-order chi connectivity index (χ0) is 18.0. The van der Waals surface area contributed by atoms with E-state index in [2.05, 4.69) is 5.32 Å². The lowest BCUT2D eigenvalue weighted by atomic mass is 10.0. The predicted molar refractivity (Wildman–Crippen MR) is 89.1 cm³/mol. The van der Waals surface area contributed by atoms with Gasteiger partial charge in [-0.15, -0.1) is 0 Å². The third-order valence-corrected chi connectivity index (χ3v) is 4.07. The first kappa shape index (κ1) is 17.1. The van der Waals surface area contributed by atoms with Crippen molar-refractivity contribution in [1.82, 2.24) is 4.57 Å². The van der Waals surface area contributed by atoms with E-state index in [9.17, 15) is 18.4 Å². The molecule has 2 aromatic rings. The second kappa shape index (κ2) is 7.04. The molecule has 0 radical (unpaired) electrons. The van der Waals surface area contributed by atoms with E-state index in [4.69, 9.17) is 4.74 Å². The van der Waals surface area contributed by atoms with E-state index in [0.717, 1.165) is 31.0 Å². The molecule has 0 saturated heterocycles. The molecule has 0 aliphatic carbocycles. The third kappa shape index (κ3) is 3.55. The Bertz CT molecular complexity index is 857. The standard InChI is InChI=1S/C18H18F2N2O3/c1-2-25-15-10-16(23)22-6-4-3-5-14(22)17(15)18(24)21-13-8-11(19)7-12(20)9-13/h7-10H,2-6H2,1H3,(H,21,24). The second-order valence-corrected chi connectivity index (χ2v) is 5.82. The molecular formula is C18H18F2N2O3. The van der Waals surface area contributed by atoms with Crippen molar-refractivity contribution in [2.24, 2.45) is 0 Å². The van der Waals surface area contributed by atoms with Crippen LogP contribution in [0.4, 0.5) is 14.5 Å². The molecule has 1 aromatic carbocycles. The quantitative estimate of drug-likeness (QED) is 0.924. The normalized spacial score (nSPS) is 13.2. The van der Waals surface area contributed by atoms with E-state index in [1.807, 2.05) is 0 Å². The molecule has 0 saturated carbocycles. The Morgan fingerprint density at radius 2 is 1.92 bits per heavy atom. The number of hydrogen-bond acceptors (Lipinski definition) is 3. The minimum absolute atomic E-state index is 0.00529. The minimum atomic E-state index is -0.786. The molecule has 0 unspecified atom stereocenters. The van der Waals surface area contributed by atoms with Gasteiger partial charge in [-0.2, -0.15) is 0 Å². The highest BCUT2D eigenvalue weighted by molar-refractivity contribution is 6.07. The minimum Gasteiger partial charge on any atom is -0.493 e. The summed E-state index contributed by atoms with van der Waals surface area (Å²) in [6.07, 6.45) is 2.28. The van der Waals surface area contributed by atoms with Crippen molar-refractivity contribution in [2.75, 3.05) is 11.9 Å². The average molecular weight is 348 g/mol. The Balaban J connectivity index is 2.04. The van der Waals surface area contributed by atoms with Gasteiger partial charge in [-0.25, -0.2) is 8.78 Å². The number of benzene rings is 1. The number of ether oxygens (including phenoxy) is 1. The van der Waals surface area contributed by atoms with Crippen molar-refractivity contribution >= 4 is 11.6 Å². The fourth-order valence-corrected chi connectivity index (χ4v) is 3.07. The first-order valence-corrected chi connectivity index (χ1v) is 8.16. The maximum atomic E-state index is 13.3. The molecule has 1 amide bonds. The Hall–Kier alpha value is -2.70. The number of amides is 1. The molecule has 0 bridgehead atoms. The number of anilines is 1. The molecule has 2 heterocycles. The van der Waals surface area contributed by atoms with Crippen molar-refractivity contribution in [2.45, 2.75) is 32.7 Å². The number of pyridine rings is 1. The van der Waals surface area contributed by atoms with Crippen LogP contribution in [0.15, 0.2) is 29.1 Å².